The lowest BCUT2D eigenvalue weighted by Gasteiger charge is -2.14. The Morgan fingerprint density at radius 1 is 1.08 bits per heavy atom. The normalized spacial score (nSPS) is 12.0. The van der Waals surface area contributed by atoms with Crippen LogP contribution in [-0.2, 0) is 11.3 Å². The fraction of sp³-hybridized carbons (Fsp3) is 0.176. The van der Waals surface area contributed by atoms with Crippen molar-refractivity contribution >= 4 is 37.8 Å². The van der Waals surface area contributed by atoms with E-state index in [1.807, 2.05) is 55.5 Å². The molecule has 128 valence electrons. The highest BCUT2D eigenvalue weighted by atomic mass is 79.9. The molecule has 3 aromatic rings. The summed E-state index contributed by atoms with van der Waals surface area (Å²) in [5.41, 5.74) is 1.87. The van der Waals surface area contributed by atoms with Gasteiger partial charge in [0, 0.05) is 14.5 Å². The van der Waals surface area contributed by atoms with Crippen LogP contribution in [-0.4, -0.2) is 26.1 Å². The highest BCUT2D eigenvalue weighted by molar-refractivity contribution is 9.10. The summed E-state index contributed by atoms with van der Waals surface area (Å²) in [5.74, 6) is 0.316. The monoisotopic (exact) mass is 463 g/mol. The van der Waals surface area contributed by atoms with Crippen molar-refractivity contribution in [2.75, 3.05) is 0 Å². The van der Waals surface area contributed by atoms with Crippen molar-refractivity contribution in [1.29, 1.82) is 0 Å². The van der Waals surface area contributed by atoms with E-state index < -0.39 is 0 Å². The maximum atomic E-state index is 12.2. The van der Waals surface area contributed by atoms with Gasteiger partial charge in [0.1, 0.15) is 6.54 Å². The van der Waals surface area contributed by atoms with Crippen LogP contribution < -0.4 is 5.32 Å². The van der Waals surface area contributed by atoms with E-state index in [-0.39, 0.29) is 18.5 Å². The van der Waals surface area contributed by atoms with Crippen molar-refractivity contribution in [3.05, 3.63) is 63.0 Å². The van der Waals surface area contributed by atoms with Crippen LogP contribution in [0.3, 0.4) is 0 Å². The van der Waals surface area contributed by atoms with E-state index in [1.54, 1.807) is 0 Å². The first-order chi connectivity index (χ1) is 12.0. The van der Waals surface area contributed by atoms with Gasteiger partial charge in [-0.05, 0) is 54.1 Å². The van der Waals surface area contributed by atoms with E-state index in [1.165, 1.54) is 4.80 Å². The molecule has 0 fully saturated rings. The molecule has 2 aromatic carbocycles. The Labute approximate surface area is 161 Å². The summed E-state index contributed by atoms with van der Waals surface area (Å²) in [6.45, 7) is 1.95. The molecule has 0 radical (unpaired) electrons. The minimum Gasteiger partial charge on any atom is -0.348 e. The first-order valence-electron chi connectivity index (χ1n) is 7.60. The molecule has 0 spiro atoms. The minimum atomic E-state index is -0.171. The quantitative estimate of drug-likeness (QED) is 0.624. The summed E-state index contributed by atoms with van der Waals surface area (Å²) < 4.78 is 1.98. The van der Waals surface area contributed by atoms with Crippen molar-refractivity contribution in [2.24, 2.45) is 0 Å². The Kier molecular flexibility index (Phi) is 5.60. The molecule has 1 unspecified atom stereocenters. The maximum absolute atomic E-state index is 12.2. The first-order valence-corrected chi connectivity index (χ1v) is 9.18. The molecule has 0 aliphatic heterocycles. The van der Waals surface area contributed by atoms with Crippen LogP contribution in [0.4, 0.5) is 0 Å². The van der Waals surface area contributed by atoms with E-state index in [0.717, 1.165) is 20.1 Å². The van der Waals surface area contributed by atoms with Crippen LogP contribution in [0, 0.1) is 0 Å². The van der Waals surface area contributed by atoms with Crippen LogP contribution in [0.15, 0.2) is 57.5 Å². The maximum Gasteiger partial charge on any atom is 0.244 e. The Hall–Kier alpha value is -2.06. The van der Waals surface area contributed by atoms with Crippen LogP contribution in [0.2, 0.25) is 0 Å². The predicted molar refractivity (Wildman–Crippen MR) is 102 cm³/mol. The van der Waals surface area contributed by atoms with Crippen LogP contribution >= 0.6 is 31.9 Å². The summed E-state index contributed by atoms with van der Waals surface area (Å²) in [6.07, 6.45) is 0. The molecule has 6 nitrogen and oxygen atoms in total. The molecule has 25 heavy (non-hydrogen) atoms. The van der Waals surface area contributed by atoms with Crippen molar-refractivity contribution in [2.45, 2.75) is 19.5 Å². The molecule has 1 atom stereocenters. The largest absolute Gasteiger partial charge is 0.348 e. The number of halogens is 2. The molecule has 8 heteroatoms. The van der Waals surface area contributed by atoms with Gasteiger partial charge in [-0.25, -0.2) is 0 Å². The number of carbonyl (C=O) groups is 1. The average Bonchev–Trinajstić information content (AvgIpc) is 3.04. The molecule has 0 aliphatic rings. The molecular weight excluding hydrogens is 450 g/mol. The van der Waals surface area contributed by atoms with Crippen molar-refractivity contribution < 1.29 is 4.79 Å². The van der Waals surface area contributed by atoms with Gasteiger partial charge in [-0.1, -0.05) is 44.0 Å². The zero-order chi connectivity index (χ0) is 17.8. The number of hydrogen-bond donors (Lipinski definition) is 1. The first kappa shape index (κ1) is 17.8. The van der Waals surface area contributed by atoms with E-state index in [2.05, 4.69) is 52.6 Å². The predicted octanol–water partition coefficient (Wildman–Crippen LogP) is 3.74. The van der Waals surface area contributed by atoms with Crippen LogP contribution in [0.1, 0.15) is 18.5 Å². The van der Waals surface area contributed by atoms with E-state index >= 15 is 0 Å². The lowest BCUT2D eigenvalue weighted by molar-refractivity contribution is -0.122. The van der Waals surface area contributed by atoms with E-state index in [0.29, 0.717) is 5.82 Å². The molecule has 0 saturated heterocycles. The van der Waals surface area contributed by atoms with Gasteiger partial charge in [0.2, 0.25) is 11.7 Å². The van der Waals surface area contributed by atoms with Crippen molar-refractivity contribution in [1.82, 2.24) is 25.5 Å². The summed E-state index contributed by atoms with van der Waals surface area (Å²) in [5, 5.41) is 15.1. The number of aromatic nitrogens is 4. The van der Waals surface area contributed by atoms with Crippen molar-refractivity contribution in [3.63, 3.8) is 0 Å². The highest BCUT2D eigenvalue weighted by Gasteiger charge is 2.12. The third-order valence-electron chi connectivity index (χ3n) is 3.59. The molecule has 1 heterocycles. The second-order valence-corrected chi connectivity index (χ2v) is 7.32. The molecule has 0 aliphatic carbocycles. The van der Waals surface area contributed by atoms with Gasteiger partial charge in [0.05, 0.1) is 6.04 Å². The zero-order valence-electron chi connectivity index (χ0n) is 13.4. The van der Waals surface area contributed by atoms with Crippen LogP contribution in [0.25, 0.3) is 11.4 Å². The fourth-order valence-corrected chi connectivity index (χ4v) is 2.80. The average molecular weight is 465 g/mol. The summed E-state index contributed by atoms with van der Waals surface area (Å²) >= 11 is 6.78. The molecule has 1 amide bonds. The third kappa shape index (κ3) is 4.73. The van der Waals surface area contributed by atoms with Gasteiger partial charge in [0.25, 0.3) is 0 Å². The standard InChI is InChI=1S/C17H15Br2N5O/c1-11(12-2-6-14(18)7-3-12)20-16(25)10-24-22-17(21-23-24)13-4-8-15(19)9-5-13/h2-9,11H,10H2,1H3,(H,20,25). The molecular formula is C17H15Br2N5O. The van der Waals surface area contributed by atoms with Crippen molar-refractivity contribution in [3.8, 4) is 11.4 Å². The third-order valence-corrected chi connectivity index (χ3v) is 4.65. The van der Waals surface area contributed by atoms with Gasteiger partial charge in [-0.2, -0.15) is 4.80 Å². The number of benzene rings is 2. The molecule has 1 N–H and O–H groups in total. The van der Waals surface area contributed by atoms with Gasteiger partial charge >= 0.3 is 0 Å². The smallest absolute Gasteiger partial charge is 0.244 e. The number of amides is 1. The summed E-state index contributed by atoms with van der Waals surface area (Å²) in [6, 6.07) is 15.3. The number of nitrogens with zero attached hydrogens (tertiary/aromatic N) is 4. The van der Waals surface area contributed by atoms with Gasteiger partial charge < -0.3 is 5.32 Å². The lowest BCUT2D eigenvalue weighted by Crippen LogP contribution is -2.30. The molecule has 0 bridgehead atoms. The number of rotatable bonds is 5. The second kappa shape index (κ2) is 7.88. The number of tetrazole rings is 1. The molecule has 3 rings (SSSR count). The van der Waals surface area contributed by atoms with Gasteiger partial charge in [-0.15, -0.1) is 10.2 Å². The highest BCUT2D eigenvalue weighted by Crippen LogP contribution is 2.18. The summed E-state index contributed by atoms with van der Waals surface area (Å²) in [7, 11) is 0. The Bertz CT molecular complexity index is 862. The minimum absolute atomic E-state index is 0.0183. The fourth-order valence-electron chi connectivity index (χ4n) is 2.28. The van der Waals surface area contributed by atoms with Crippen LogP contribution in [0.5, 0.6) is 0 Å². The Balaban J connectivity index is 1.61. The zero-order valence-corrected chi connectivity index (χ0v) is 16.5. The topological polar surface area (TPSA) is 72.7 Å². The lowest BCUT2D eigenvalue weighted by atomic mass is 10.1. The van der Waals surface area contributed by atoms with Gasteiger partial charge in [0.15, 0.2) is 0 Å². The van der Waals surface area contributed by atoms with E-state index in [4.69, 9.17) is 0 Å². The Morgan fingerprint density at radius 2 is 1.68 bits per heavy atom. The Morgan fingerprint density at radius 3 is 2.32 bits per heavy atom. The summed E-state index contributed by atoms with van der Waals surface area (Å²) in [4.78, 5) is 13.5. The number of hydrogen-bond acceptors (Lipinski definition) is 4. The number of nitrogens with one attached hydrogen (secondary N) is 1. The molecule has 0 saturated carbocycles. The second-order valence-electron chi connectivity index (χ2n) is 5.49. The number of carbonyl (C=O) groups excluding carboxylic acids is 1. The SMILES string of the molecule is CC(NC(=O)Cn1nnc(-c2ccc(Br)cc2)n1)c1ccc(Br)cc1. The molecule has 1 aromatic heterocycles. The van der Waals surface area contributed by atoms with Gasteiger partial charge in [-0.3, -0.25) is 4.79 Å². The van der Waals surface area contributed by atoms with E-state index in [9.17, 15) is 4.79 Å².